The van der Waals surface area contributed by atoms with Gasteiger partial charge in [-0.3, -0.25) is 4.79 Å². The van der Waals surface area contributed by atoms with Crippen molar-refractivity contribution in [3.63, 3.8) is 0 Å². The highest BCUT2D eigenvalue weighted by Crippen LogP contribution is 2.03. The van der Waals surface area contributed by atoms with Crippen LogP contribution in [0.4, 0.5) is 0 Å². The first-order chi connectivity index (χ1) is 6.79. The molecular formula is C9H18N2O3S. The zero-order valence-electron chi connectivity index (χ0n) is 9.36. The SMILES string of the molecule is C=CCNC(=O)CN(C(C)C)S(C)(=O)=O. The predicted molar refractivity (Wildman–Crippen MR) is 59.9 cm³/mol. The van der Waals surface area contributed by atoms with Crippen molar-refractivity contribution in [2.24, 2.45) is 0 Å². The van der Waals surface area contributed by atoms with Crippen LogP contribution in [0.3, 0.4) is 0 Å². The van der Waals surface area contributed by atoms with Crippen LogP contribution in [0.2, 0.25) is 0 Å². The van der Waals surface area contributed by atoms with Crippen LogP contribution in [0.25, 0.3) is 0 Å². The first kappa shape index (κ1) is 14.1. The lowest BCUT2D eigenvalue weighted by atomic mass is 10.4. The summed E-state index contributed by atoms with van der Waals surface area (Å²) in [6.45, 7) is 7.09. The fraction of sp³-hybridized carbons (Fsp3) is 0.667. The molecule has 0 rings (SSSR count). The molecule has 0 atom stereocenters. The van der Waals surface area contributed by atoms with Gasteiger partial charge in [0.2, 0.25) is 15.9 Å². The Hall–Kier alpha value is -0.880. The summed E-state index contributed by atoms with van der Waals surface area (Å²) < 4.78 is 23.8. The van der Waals surface area contributed by atoms with E-state index in [-0.39, 0.29) is 18.5 Å². The fourth-order valence-corrected chi connectivity index (χ4v) is 2.18. The molecule has 0 radical (unpaired) electrons. The third-order valence-electron chi connectivity index (χ3n) is 1.74. The molecule has 0 aromatic carbocycles. The Morgan fingerprint density at radius 1 is 1.53 bits per heavy atom. The van der Waals surface area contributed by atoms with Gasteiger partial charge in [-0.15, -0.1) is 6.58 Å². The lowest BCUT2D eigenvalue weighted by molar-refractivity contribution is -0.121. The molecule has 0 heterocycles. The van der Waals surface area contributed by atoms with Crippen LogP contribution < -0.4 is 5.32 Å². The van der Waals surface area contributed by atoms with Gasteiger partial charge in [0, 0.05) is 12.6 Å². The number of carbonyl (C=O) groups excluding carboxylic acids is 1. The van der Waals surface area contributed by atoms with Crippen molar-refractivity contribution >= 4 is 15.9 Å². The number of hydrogen-bond acceptors (Lipinski definition) is 3. The van der Waals surface area contributed by atoms with Crippen molar-refractivity contribution in [1.29, 1.82) is 0 Å². The molecule has 88 valence electrons. The van der Waals surface area contributed by atoms with E-state index in [2.05, 4.69) is 11.9 Å². The van der Waals surface area contributed by atoms with Crippen molar-refractivity contribution in [3.8, 4) is 0 Å². The maximum atomic E-state index is 11.3. The van der Waals surface area contributed by atoms with Crippen LogP contribution in [-0.4, -0.2) is 44.0 Å². The second-order valence-electron chi connectivity index (χ2n) is 3.49. The minimum absolute atomic E-state index is 0.148. The summed E-state index contributed by atoms with van der Waals surface area (Å²) in [5.74, 6) is -0.325. The Bertz CT molecular complexity index is 322. The summed E-state index contributed by atoms with van der Waals surface area (Å²) in [4.78, 5) is 11.3. The van der Waals surface area contributed by atoms with Crippen LogP contribution in [0, 0.1) is 0 Å². The van der Waals surface area contributed by atoms with Crippen molar-refractivity contribution in [3.05, 3.63) is 12.7 Å². The van der Waals surface area contributed by atoms with E-state index in [4.69, 9.17) is 0 Å². The topological polar surface area (TPSA) is 66.5 Å². The molecular weight excluding hydrogens is 216 g/mol. The van der Waals surface area contributed by atoms with Crippen LogP contribution in [0.1, 0.15) is 13.8 Å². The van der Waals surface area contributed by atoms with Crippen molar-refractivity contribution in [1.82, 2.24) is 9.62 Å². The summed E-state index contributed by atoms with van der Waals surface area (Å²) >= 11 is 0. The number of nitrogens with one attached hydrogen (secondary N) is 1. The van der Waals surface area contributed by atoms with E-state index < -0.39 is 10.0 Å². The van der Waals surface area contributed by atoms with Gasteiger partial charge in [0.25, 0.3) is 0 Å². The number of nitrogens with zero attached hydrogens (tertiary/aromatic N) is 1. The summed E-state index contributed by atoms with van der Waals surface area (Å²) in [6, 6.07) is -0.227. The van der Waals surface area contributed by atoms with Gasteiger partial charge >= 0.3 is 0 Å². The predicted octanol–water partition coefficient (Wildman–Crippen LogP) is -0.0414. The largest absolute Gasteiger partial charge is 0.351 e. The van der Waals surface area contributed by atoms with E-state index in [0.29, 0.717) is 6.54 Å². The molecule has 0 aliphatic carbocycles. The zero-order valence-corrected chi connectivity index (χ0v) is 10.2. The van der Waals surface area contributed by atoms with Gasteiger partial charge in [-0.1, -0.05) is 6.08 Å². The number of amides is 1. The van der Waals surface area contributed by atoms with Gasteiger partial charge in [-0.05, 0) is 13.8 Å². The average Bonchev–Trinajstić information content (AvgIpc) is 2.08. The fourth-order valence-electron chi connectivity index (χ4n) is 1.07. The molecule has 0 aromatic heterocycles. The highest BCUT2D eigenvalue weighted by atomic mass is 32.2. The van der Waals surface area contributed by atoms with E-state index in [1.807, 2.05) is 0 Å². The van der Waals surface area contributed by atoms with Crippen LogP contribution in [-0.2, 0) is 14.8 Å². The summed E-state index contributed by atoms with van der Waals surface area (Å²) in [5, 5.41) is 2.53. The lowest BCUT2D eigenvalue weighted by Crippen LogP contribution is -2.43. The Kier molecular flexibility index (Phi) is 5.53. The molecule has 1 N–H and O–H groups in total. The Labute approximate surface area is 91.2 Å². The summed E-state index contributed by atoms with van der Waals surface area (Å²) in [7, 11) is -3.34. The Balaban J connectivity index is 4.44. The van der Waals surface area contributed by atoms with E-state index in [0.717, 1.165) is 10.6 Å². The standard InChI is InChI=1S/C9H18N2O3S/c1-5-6-10-9(12)7-11(8(2)3)15(4,13)14/h5,8H,1,6-7H2,2-4H3,(H,10,12). The van der Waals surface area contributed by atoms with Gasteiger partial charge in [0.05, 0.1) is 12.8 Å². The van der Waals surface area contributed by atoms with Gasteiger partial charge in [-0.2, -0.15) is 4.31 Å². The highest BCUT2D eigenvalue weighted by Gasteiger charge is 2.22. The number of rotatable bonds is 6. The smallest absolute Gasteiger partial charge is 0.235 e. The lowest BCUT2D eigenvalue weighted by Gasteiger charge is -2.22. The van der Waals surface area contributed by atoms with Crippen molar-refractivity contribution in [2.75, 3.05) is 19.3 Å². The average molecular weight is 234 g/mol. The molecule has 0 spiro atoms. The molecule has 0 saturated carbocycles. The quantitative estimate of drug-likeness (QED) is 0.656. The van der Waals surface area contributed by atoms with E-state index >= 15 is 0 Å². The number of carbonyl (C=O) groups is 1. The minimum atomic E-state index is -3.34. The third-order valence-corrected chi connectivity index (χ3v) is 3.15. The summed E-state index contributed by atoms with van der Waals surface area (Å²) in [5.41, 5.74) is 0. The normalized spacial score (nSPS) is 11.8. The molecule has 0 unspecified atom stereocenters. The maximum Gasteiger partial charge on any atom is 0.235 e. The second kappa shape index (κ2) is 5.87. The molecule has 0 bridgehead atoms. The van der Waals surface area contributed by atoms with E-state index in [1.54, 1.807) is 13.8 Å². The van der Waals surface area contributed by atoms with Crippen molar-refractivity contribution < 1.29 is 13.2 Å². The monoisotopic (exact) mass is 234 g/mol. The van der Waals surface area contributed by atoms with Crippen LogP contribution in [0.5, 0.6) is 0 Å². The van der Waals surface area contributed by atoms with Crippen molar-refractivity contribution in [2.45, 2.75) is 19.9 Å². The first-order valence-electron chi connectivity index (χ1n) is 4.63. The van der Waals surface area contributed by atoms with Gasteiger partial charge in [-0.25, -0.2) is 8.42 Å². The van der Waals surface area contributed by atoms with E-state index in [9.17, 15) is 13.2 Å². The molecule has 0 fully saturated rings. The maximum absolute atomic E-state index is 11.3. The molecule has 0 aliphatic rings. The third kappa shape index (κ3) is 5.54. The van der Waals surface area contributed by atoms with Gasteiger partial charge in [0.1, 0.15) is 0 Å². The van der Waals surface area contributed by atoms with Gasteiger partial charge < -0.3 is 5.32 Å². The number of sulfonamides is 1. The molecule has 6 heteroatoms. The Morgan fingerprint density at radius 3 is 2.40 bits per heavy atom. The molecule has 0 saturated heterocycles. The number of hydrogen-bond donors (Lipinski definition) is 1. The van der Waals surface area contributed by atoms with Gasteiger partial charge in [0.15, 0.2) is 0 Å². The molecule has 15 heavy (non-hydrogen) atoms. The molecule has 0 aliphatic heterocycles. The molecule has 5 nitrogen and oxygen atoms in total. The zero-order chi connectivity index (χ0) is 12.1. The first-order valence-corrected chi connectivity index (χ1v) is 6.48. The van der Waals surface area contributed by atoms with Crippen LogP contribution in [0.15, 0.2) is 12.7 Å². The second-order valence-corrected chi connectivity index (χ2v) is 5.43. The summed E-state index contributed by atoms with van der Waals surface area (Å²) in [6.07, 6.45) is 2.63. The molecule has 1 amide bonds. The van der Waals surface area contributed by atoms with Crippen LogP contribution >= 0.6 is 0 Å². The molecule has 0 aromatic rings. The Morgan fingerprint density at radius 2 is 2.07 bits per heavy atom. The minimum Gasteiger partial charge on any atom is -0.351 e. The van der Waals surface area contributed by atoms with E-state index in [1.165, 1.54) is 6.08 Å². The highest BCUT2D eigenvalue weighted by molar-refractivity contribution is 7.88.